The Morgan fingerprint density at radius 1 is 1.00 bits per heavy atom. The fourth-order valence-corrected chi connectivity index (χ4v) is 4.92. The number of likely N-dealkylation sites (tertiary alicyclic amines) is 1. The summed E-state index contributed by atoms with van der Waals surface area (Å²) in [5, 5.41) is 15.3. The van der Waals surface area contributed by atoms with Gasteiger partial charge < -0.3 is 20.1 Å². The number of hydrogen-bond donors (Lipinski definition) is 3. The quantitative estimate of drug-likeness (QED) is 0.378. The SMILES string of the molecule is CN1CCC(Nc2ccc(C(=O)Nc3cc(-c4cc5ccccc5n4C4CC4)n[nH]3)cc2)CC1. The average Bonchev–Trinajstić information content (AvgIpc) is 3.46. The molecule has 174 valence electrons. The summed E-state index contributed by atoms with van der Waals surface area (Å²) in [7, 11) is 2.17. The van der Waals surface area contributed by atoms with E-state index in [-0.39, 0.29) is 5.91 Å². The predicted molar refractivity (Wildman–Crippen MR) is 136 cm³/mol. The Hall–Kier alpha value is -3.58. The minimum Gasteiger partial charge on any atom is -0.382 e. The number of rotatable bonds is 6. The van der Waals surface area contributed by atoms with Crippen LogP contribution in [0.4, 0.5) is 11.5 Å². The van der Waals surface area contributed by atoms with Crippen LogP contribution >= 0.6 is 0 Å². The van der Waals surface area contributed by atoms with Crippen molar-refractivity contribution in [2.24, 2.45) is 0 Å². The van der Waals surface area contributed by atoms with E-state index in [1.165, 1.54) is 23.7 Å². The Morgan fingerprint density at radius 2 is 1.76 bits per heavy atom. The highest BCUT2D eigenvalue weighted by Gasteiger charge is 2.28. The van der Waals surface area contributed by atoms with Crippen LogP contribution in [0.5, 0.6) is 0 Å². The molecule has 0 bridgehead atoms. The minimum absolute atomic E-state index is 0.149. The number of H-pyrrole nitrogens is 1. The fourth-order valence-electron chi connectivity index (χ4n) is 4.92. The third kappa shape index (κ3) is 4.19. The van der Waals surface area contributed by atoms with Crippen molar-refractivity contribution in [3.05, 3.63) is 66.2 Å². The number of hydrogen-bond acceptors (Lipinski definition) is 4. The summed E-state index contributed by atoms with van der Waals surface area (Å²) in [5.74, 6) is 0.449. The molecule has 34 heavy (non-hydrogen) atoms. The van der Waals surface area contributed by atoms with Crippen molar-refractivity contribution in [2.45, 2.75) is 37.8 Å². The lowest BCUT2D eigenvalue weighted by atomic mass is 10.0. The lowest BCUT2D eigenvalue weighted by Crippen LogP contribution is -2.36. The molecule has 2 aliphatic rings. The van der Waals surface area contributed by atoms with Crippen LogP contribution in [0, 0.1) is 0 Å². The molecular formula is C27H30N6O. The van der Waals surface area contributed by atoms with Crippen LogP contribution in [0.2, 0.25) is 0 Å². The summed E-state index contributed by atoms with van der Waals surface area (Å²) in [6, 6.07) is 21.3. The van der Waals surface area contributed by atoms with Gasteiger partial charge in [-0.3, -0.25) is 9.89 Å². The average molecular weight is 455 g/mol. The predicted octanol–water partition coefficient (Wildman–Crippen LogP) is 5.12. The highest BCUT2D eigenvalue weighted by Crippen LogP contribution is 2.42. The molecule has 1 saturated heterocycles. The van der Waals surface area contributed by atoms with Gasteiger partial charge in [0.25, 0.3) is 5.91 Å². The number of fused-ring (bicyclic) bond motifs is 1. The molecule has 7 heteroatoms. The van der Waals surface area contributed by atoms with Crippen molar-refractivity contribution < 1.29 is 4.79 Å². The number of benzene rings is 2. The van der Waals surface area contributed by atoms with E-state index < -0.39 is 0 Å². The Labute approximate surface area is 199 Å². The maximum absolute atomic E-state index is 12.8. The van der Waals surface area contributed by atoms with Gasteiger partial charge in [-0.25, -0.2) is 0 Å². The normalized spacial score (nSPS) is 17.2. The molecule has 2 aromatic carbocycles. The zero-order valence-corrected chi connectivity index (χ0v) is 19.4. The van der Waals surface area contributed by atoms with Gasteiger partial charge in [-0.15, -0.1) is 0 Å². The molecule has 0 spiro atoms. The molecule has 1 saturated carbocycles. The second-order valence-electron chi connectivity index (χ2n) is 9.61. The van der Waals surface area contributed by atoms with Crippen molar-refractivity contribution in [1.29, 1.82) is 0 Å². The second kappa shape index (κ2) is 8.65. The maximum Gasteiger partial charge on any atom is 0.256 e. The number of aromatic nitrogens is 3. The van der Waals surface area contributed by atoms with E-state index in [2.05, 4.69) is 67.7 Å². The lowest BCUT2D eigenvalue weighted by molar-refractivity contribution is 0.102. The largest absolute Gasteiger partial charge is 0.382 e. The molecule has 3 N–H and O–H groups in total. The molecule has 1 aliphatic carbocycles. The Morgan fingerprint density at radius 3 is 2.53 bits per heavy atom. The number of para-hydroxylation sites is 1. The first-order valence-corrected chi connectivity index (χ1v) is 12.2. The van der Waals surface area contributed by atoms with E-state index in [0.29, 0.717) is 23.5 Å². The van der Waals surface area contributed by atoms with Gasteiger partial charge in [-0.1, -0.05) is 18.2 Å². The summed E-state index contributed by atoms with van der Waals surface area (Å²) >= 11 is 0. The minimum atomic E-state index is -0.149. The zero-order chi connectivity index (χ0) is 23.1. The summed E-state index contributed by atoms with van der Waals surface area (Å²) in [6.45, 7) is 2.23. The Balaban J connectivity index is 1.14. The van der Waals surface area contributed by atoms with Gasteiger partial charge in [0.2, 0.25) is 0 Å². The molecule has 3 heterocycles. The smallest absolute Gasteiger partial charge is 0.256 e. The number of carbonyl (C=O) groups is 1. The third-order valence-corrected chi connectivity index (χ3v) is 6.99. The van der Waals surface area contributed by atoms with Crippen LogP contribution in [0.1, 0.15) is 42.1 Å². The summed E-state index contributed by atoms with van der Waals surface area (Å²) in [6.07, 6.45) is 4.67. The number of piperidine rings is 1. The van der Waals surface area contributed by atoms with Gasteiger partial charge in [0.15, 0.2) is 0 Å². The van der Waals surface area contributed by atoms with E-state index in [1.54, 1.807) is 0 Å². The van der Waals surface area contributed by atoms with Crippen LogP contribution in [0.25, 0.3) is 22.3 Å². The van der Waals surface area contributed by atoms with E-state index in [9.17, 15) is 4.79 Å². The van der Waals surface area contributed by atoms with Crippen molar-refractivity contribution in [3.63, 3.8) is 0 Å². The van der Waals surface area contributed by atoms with Gasteiger partial charge >= 0.3 is 0 Å². The molecular weight excluding hydrogens is 424 g/mol. The summed E-state index contributed by atoms with van der Waals surface area (Å²) in [4.78, 5) is 15.2. The van der Waals surface area contributed by atoms with Gasteiger partial charge in [0.1, 0.15) is 11.5 Å². The lowest BCUT2D eigenvalue weighted by Gasteiger charge is -2.30. The number of aromatic amines is 1. The van der Waals surface area contributed by atoms with Crippen LogP contribution in [-0.2, 0) is 0 Å². The van der Waals surface area contributed by atoms with E-state index in [4.69, 9.17) is 0 Å². The number of anilines is 2. The molecule has 2 fully saturated rings. The fraction of sp³-hybridized carbons (Fsp3) is 0.333. The summed E-state index contributed by atoms with van der Waals surface area (Å²) in [5.41, 5.74) is 4.85. The van der Waals surface area contributed by atoms with Crippen molar-refractivity contribution >= 4 is 28.3 Å². The standard InChI is InChI=1S/C27H30N6O/c1-32-14-12-21(13-15-32)28-20-8-6-18(7-9-20)27(34)29-26-17-23(30-31-26)25-16-19-4-2-3-5-24(19)33(25)22-10-11-22/h2-9,16-17,21-22,28H,10-15H2,1H3,(H2,29,30,31,34). The molecule has 1 amide bonds. The molecule has 1 aliphatic heterocycles. The second-order valence-corrected chi connectivity index (χ2v) is 9.61. The van der Waals surface area contributed by atoms with Crippen LogP contribution in [-0.4, -0.2) is 51.8 Å². The molecule has 0 atom stereocenters. The first-order chi connectivity index (χ1) is 16.6. The monoisotopic (exact) mass is 454 g/mol. The first-order valence-electron chi connectivity index (χ1n) is 12.2. The van der Waals surface area contributed by atoms with Crippen molar-refractivity contribution in [1.82, 2.24) is 19.7 Å². The van der Waals surface area contributed by atoms with E-state index >= 15 is 0 Å². The topological polar surface area (TPSA) is 78.0 Å². The molecule has 4 aromatic rings. The van der Waals surface area contributed by atoms with Gasteiger partial charge in [0, 0.05) is 40.3 Å². The molecule has 0 radical (unpaired) electrons. The molecule has 7 nitrogen and oxygen atoms in total. The maximum atomic E-state index is 12.8. The third-order valence-electron chi connectivity index (χ3n) is 6.99. The van der Waals surface area contributed by atoms with Crippen LogP contribution in [0.3, 0.4) is 0 Å². The highest BCUT2D eigenvalue weighted by molar-refractivity contribution is 6.04. The van der Waals surface area contributed by atoms with Crippen molar-refractivity contribution in [3.8, 4) is 11.4 Å². The van der Waals surface area contributed by atoms with Gasteiger partial charge in [-0.2, -0.15) is 5.10 Å². The number of carbonyl (C=O) groups excluding carboxylic acids is 1. The Bertz CT molecular complexity index is 1310. The molecule has 0 unspecified atom stereocenters. The molecule has 6 rings (SSSR count). The van der Waals surface area contributed by atoms with E-state index in [1.807, 2.05) is 30.3 Å². The van der Waals surface area contributed by atoms with Crippen LogP contribution in [0.15, 0.2) is 60.7 Å². The van der Waals surface area contributed by atoms with Gasteiger partial charge in [-0.05, 0) is 82.2 Å². The highest BCUT2D eigenvalue weighted by atomic mass is 16.1. The number of nitrogens with one attached hydrogen (secondary N) is 3. The number of amides is 1. The first kappa shape index (κ1) is 21.0. The Kier molecular flexibility index (Phi) is 5.34. The molecule has 2 aromatic heterocycles. The van der Waals surface area contributed by atoms with E-state index in [0.717, 1.165) is 43.0 Å². The number of nitrogens with zero attached hydrogens (tertiary/aromatic N) is 3. The zero-order valence-electron chi connectivity index (χ0n) is 19.4. The van der Waals surface area contributed by atoms with Crippen LogP contribution < -0.4 is 10.6 Å². The summed E-state index contributed by atoms with van der Waals surface area (Å²) < 4.78 is 2.38. The van der Waals surface area contributed by atoms with Gasteiger partial charge in [0.05, 0.1) is 5.69 Å². The van der Waals surface area contributed by atoms with Crippen molar-refractivity contribution in [2.75, 3.05) is 30.8 Å².